The van der Waals surface area contributed by atoms with Crippen LogP contribution in [0.1, 0.15) is 200 Å². The van der Waals surface area contributed by atoms with Gasteiger partial charge in [-0.05, 0) is 19.3 Å². The topological polar surface area (TPSA) is 228 Å². The molecule has 2 saturated heterocycles. The Morgan fingerprint density at radius 3 is 1.46 bits per heavy atom. The third kappa shape index (κ3) is 24.4. The molecule has 0 saturated carbocycles. The molecule has 9 N–H and O–H groups in total. The molecule has 2 heterocycles. The highest BCUT2D eigenvalue weighted by Gasteiger charge is 2.51. The maximum absolute atomic E-state index is 13.1. The second kappa shape index (κ2) is 36.8. The van der Waals surface area contributed by atoms with Crippen molar-refractivity contribution >= 4 is 5.91 Å². The average molecular weight is 904 g/mol. The Kier molecular flexibility index (Phi) is 33.8. The number of carbonyl (C=O) groups excluding carboxylic acids is 1. The van der Waals surface area contributed by atoms with Crippen LogP contribution in [0.15, 0.2) is 12.2 Å². The summed E-state index contributed by atoms with van der Waals surface area (Å²) in [5.41, 5.74) is 0. The van der Waals surface area contributed by atoms with Crippen molar-refractivity contribution in [2.45, 2.75) is 274 Å². The quantitative estimate of drug-likeness (QED) is 0.0241. The molecule has 1 amide bonds. The molecule has 0 bridgehead atoms. The van der Waals surface area contributed by atoms with E-state index in [1.165, 1.54) is 135 Å². The van der Waals surface area contributed by atoms with Gasteiger partial charge in [-0.15, -0.1) is 0 Å². The highest BCUT2D eigenvalue weighted by Crippen LogP contribution is 2.30. The zero-order valence-corrected chi connectivity index (χ0v) is 39.3. The number of rotatable bonds is 39. The molecule has 14 heteroatoms. The first-order chi connectivity index (χ1) is 30.6. The normalized spacial score (nSPS) is 27.5. The number of carbonyl (C=O) groups is 1. The highest BCUT2D eigenvalue weighted by atomic mass is 16.7. The maximum atomic E-state index is 13.1. The maximum Gasteiger partial charge on any atom is 0.220 e. The van der Waals surface area contributed by atoms with E-state index in [1.54, 1.807) is 6.08 Å². The van der Waals surface area contributed by atoms with Crippen molar-refractivity contribution in [2.24, 2.45) is 0 Å². The third-order valence-electron chi connectivity index (χ3n) is 12.7. The van der Waals surface area contributed by atoms with Crippen LogP contribution in [0.5, 0.6) is 0 Å². The van der Waals surface area contributed by atoms with Gasteiger partial charge in [0.2, 0.25) is 5.91 Å². The van der Waals surface area contributed by atoms with Gasteiger partial charge in [0, 0.05) is 6.42 Å². The fourth-order valence-corrected chi connectivity index (χ4v) is 8.53. The van der Waals surface area contributed by atoms with E-state index in [0.29, 0.717) is 6.42 Å². The molecule has 2 fully saturated rings. The van der Waals surface area contributed by atoms with Crippen LogP contribution in [0, 0.1) is 0 Å². The molecule has 0 aromatic carbocycles. The van der Waals surface area contributed by atoms with Gasteiger partial charge in [-0.25, -0.2) is 0 Å². The zero-order chi connectivity index (χ0) is 46.1. The van der Waals surface area contributed by atoms with Crippen LogP contribution in [0.2, 0.25) is 0 Å². The van der Waals surface area contributed by atoms with Gasteiger partial charge in [0.15, 0.2) is 12.6 Å². The van der Waals surface area contributed by atoms with E-state index in [1.807, 2.05) is 6.08 Å². The van der Waals surface area contributed by atoms with Crippen LogP contribution in [-0.4, -0.2) is 140 Å². The van der Waals surface area contributed by atoms with Crippen molar-refractivity contribution in [1.82, 2.24) is 5.32 Å². The van der Waals surface area contributed by atoms with Crippen molar-refractivity contribution in [2.75, 3.05) is 19.8 Å². The number of nitrogens with one attached hydrogen (secondary N) is 1. The summed E-state index contributed by atoms with van der Waals surface area (Å²) < 4.78 is 22.7. The van der Waals surface area contributed by atoms with Gasteiger partial charge >= 0.3 is 0 Å². The molecule has 2 aliphatic rings. The molecule has 372 valence electrons. The van der Waals surface area contributed by atoms with Crippen molar-refractivity contribution in [3.63, 3.8) is 0 Å². The number of aliphatic hydroxyl groups is 8. The van der Waals surface area contributed by atoms with E-state index in [2.05, 4.69) is 19.2 Å². The first kappa shape index (κ1) is 57.9. The predicted octanol–water partition coefficient (Wildman–Crippen LogP) is 6.38. The molecule has 0 aliphatic carbocycles. The summed E-state index contributed by atoms with van der Waals surface area (Å²) in [5.74, 6) is -0.238. The molecule has 0 radical (unpaired) electrons. The minimum Gasteiger partial charge on any atom is -0.394 e. The molecule has 0 aromatic heterocycles. The summed E-state index contributed by atoms with van der Waals surface area (Å²) in [6.07, 6.45) is 21.0. The Labute approximate surface area is 380 Å². The minimum absolute atomic E-state index is 0.238. The summed E-state index contributed by atoms with van der Waals surface area (Å²) in [6, 6.07) is -0.907. The van der Waals surface area contributed by atoms with Gasteiger partial charge in [0.25, 0.3) is 0 Å². The molecule has 12 atom stereocenters. The fraction of sp³-hybridized carbons (Fsp3) is 0.939. The number of amides is 1. The summed E-state index contributed by atoms with van der Waals surface area (Å²) in [7, 11) is 0. The predicted molar refractivity (Wildman–Crippen MR) is 245 cm³/mol. The number of hydrogen-bond donors (Lipinski definition) is 9. The van der Waals surface area contributed by atoms with Gasteiger partial charge in [-0.2, -0.15) is 0 Å². The molecular weight excluding hydrogens is 811 g/mol. The lowest BCUT2D eigenvalue weighted by Gasteiger charge is -2.46. The van der Waals surface area contributed by atoms with E-state index >= 15 is 0 Å². The smallest absolute Gasteiger partial charge is 0.220 e. The lowest BCUT2D eigenvalue weighted by Crippen LogP contribution is -2.65. The highest BCUT2D eigenvalue weighted by molar-refractivity contribution is 5.76. The Morgan fingerprint density at radius 1 is 0.556 bits per heavy atom. The number of aliphatic hydroxyl groups excluding tert-OH is 8. The standard InChI is InChI=1S/C49H93NO13/c1-3-5-7-9-11-13-15-17-18-19-21-22-24-26-28-30-32-38(53)37(50-41(54)33-31-29-27-25-23-20-16-14-12-10-8-6-4-2)36-60-48-46(59)44(57)47(40(35-52)62-48)63-49-45(58)43(56)42(55)39(34-51)61-49/h30,32,37-40,42-49,51-53,55-59H,3-29,31,33-36H2,1-2H3,(H,50,54)/b32-30+/t37-,38+,39+,40+,42-,43?,44?,45?,46?,47+,48+,49-/m0/s1. The summed E-state index contributed by atoms with van der Waals surface area (Å²) in [5, 5.41) is 86.7. The van der Waals surface area contributed by atoms with Crippen LogP contribution in [0.25, 0.3) is 0 Å². The third-order valence-corrected chi connectivity index (χ3v) is 12.7. The lowest BCUT2D eigenvalue weighted by atomic mass is 9.97. The SMILES string of the molecule is CCCCCCCCCCCCCCCC/C=C/[C@@H](O)[C@H](CO[C@@H]1O[C@H](CO)[C@@H](O[C@@H]2O[C@H](CO)[C@H](O)C(O)C2O)C(O)C1O)NC(=O)CCCCCCCCCCCCCCC. The van der Waals surface area contributed by atoms with E-state index in [-0.39, 0.29) is 18.9 Å². The van der Waals surface area contributed by atoms with Crippen LogP contribution in [0.4, 0.5) is 0 Å². The largest absolute Gasteiger partial charge is 0.394 e. The number of ether oxygens (including phenoxy) is 4. The molecule has 2 aliphatic heterocycles. The average Bonchev–Trinajstić information content (AvgIpc) is 3.28. The molecular formula is C49H93NO13. The van der Waals surface area contributed by atoms with Crippen LogP contribution >= 0.6 is 0 Å². The van der Waals surface area contributed by atoms with Gasteiger partial charge < -0.3 is 65.1 Å². The summed E-state index contributed by atoms with van der Waals surface area (Å²) in [6.45, 7) is 2.79. The molecule has 63 heavy (non-hydrogen) atoms. The molecule has 14 nitrogen and oxygen atoms in total. The van der Waals surface area contributed by atoms with Gasteiger partial charge in [0.1, 0.15) is 48.8 Å². The van der Waals surface area contributed by atoms with Crippen molar-refractivity contribution < 1.29 is 64.6 Å². The van der Waals surface area contributed by atoms with E-state index < -0.39 is 86.8 Å². The van der Waals surface area contributed by atoms with Crippen molar-refractivity contribution in [1.29, 1.82) is 0 Å². The second-order valence-corrected chi connectivity index (χ2v) is 18.3. The molecule has 0 spiro atoms. The van der Waals surface area contributed by atoms with Crippen molar-refractivity contribution in [3.8, 4) is 0 Å². The Balaban J connectivity index is 1.86. The fourth-order valence-electron chi connectivity index (χ4n) is 8.53. The number of hydrogen-bond acceptors (Lipinski definition) is 13. The monoisotopic (exact) mass is 904 g/mol. The van der Waals surface area contributed by atoms with Crippen LogP contribution in [0.3, 0.4) is 0 Å². The summed E-state index contributed by atoms with van der Waals surface area (Å²) in [4.78, 5) is 13.1. The van der Waals surface area contributed by atoms with E-state index in [9.17, 15) is 45.6 Å². The van der Waals surface area contributed by atoms with Crippen LogP contribution < -0.4 is 5.32 Å². The summed E-state index contributed by atoms with van der Waals surface area (Å²) >= 11 is 0. The number of allylic oxidation sites excluding steroid dienone is 1. The van der Waals surface area contributed by atoms with Gasteiger partial charge in [0.05, 0.1) is 32.0 Å². The molecule has 0 aromatic rings. The lowest BCUT2D eigenvalue weighted by molar-refractivity contribution is -0.359. The van der Waals surface area contributed by atoms with Gasteiger partial charge in [-0.3, -0.25) is 4.79 Å². The van der Waals surface area contributed by atoms with Gasteiger partial charge in [-0.1, -0.05) is 187 Å². The Hall–Kier alpha value is -1.27. The molecule has 2 rings (SSSR count). The minimum atomic E-state index is -1.78. The zero-order valence-electron chi connectivity index (χ0n) is 39.3. The van der Waals surface area contributed by atoms with E-state index in [4.69, 9.17) is 18.9 Å². The molecule has 4 unspecified atom stereocenters. The Morgan fingerprint density at radius 2 is 0.984 bits per heavy atom. The van der Waals surface area contributed by atoms with E-state index in [0.717, 1.165) is 38.5 Å². The first-order valence-electron chi connectivity index (χ1n) is 25.4. The number of unbranched alkanes of at least 4 members (excludes halogenated alkanes) is 26. The second-order valence-electron chi connectivity index (χ2n) is 18.3. The Bertz CT molecular complexity index is 1120. The van der Waals surface area contributed by atoms with Crippen molar-refractivity contribution in [3.05, 3.63) is 12.2 Å². The van der Waals surface area contributed by atoms with Crippen LogP contribution in [-0.2, 0) is 23.7 Å². The first-order valence-corrected chi connectivity index (χ1v) is 25.4.